The summed E-state index contributed by atoms with van der Waals surface area (Å²) >= 11 is 5.61. The summed E-state index contributed by atoms with van der Waals surface area (Å²) in [5, 5.41) is 2.36. The number of anilines is 2. The van der Waals surface area contributed by atoms with E-state index in [4.69, 9.17) is 17.3 Å². The quantitative estimate of drug-likeness (QED) is 0.877. The summed E-state index contributed by atoms with van der Waals surface area (Å²) in [6, 6.07) is 7.24. The first-order valence-corrected chi connectivity index (χ1v) is 5.42. The van der Waals surface area contributed by atoms with Crippen LogP contribution in [0, 0.1) is 5.82 Å². The number of carbonyl (C=O) groups is 1. The predicted octanol–water partition coefficient (Wildman–Crippen LogP) is 2.71. The fourth-order valence-electron chi connectivity index (χ4n) is 1.38. The molecule has 92 valence electrons. The van der Waals surface area contributed by atoms with Crippen LogP contribution in [0.5, 0.6) is 0 Å². The van der Waals surface area contributed by atoms with Crippen molar-refractivity contribution < 1.29 is 9.18 Å². The highest BCUT2D eigenvalue weighted by Gasteiger charge is 2.11. The number of hydrogen-bond donors (Lipinski definition) is 2. The van der Waals surface area contributed by atoms with Gasteiger partial charge in [-0.1, -0.05) is 17.7 Å². The summed E-state index contributed by atoms with van der Waals surface area (Å²) in [6.45, 7) is 0. The zero-order chi connectivity index (χ0) is 13.1. The molecule has 6 heteroatoms. The average Bonchev–Trinajstić information content (AvgIpc) is 2.35. The van der Waals surface area contributed by atoms with Crippen molar-refractivity contribution in [3.8, 4) is 0 Å². The molecule has 0 atom stereocenters. The Morgan fingerprint density at radius 1 is 1.39 bits per heavy atom. The molecule has 2 rings (SSSR count). The first kappa shape index (κ1) is 12.3. The molecule has 3 N–H and O–H groups in total. The summed E-state index contributed by atoms with van der Waals surface area (Å²) in [5.41, 5.74) is 5.77. The Bertz CT molecular complexity index is 604. The van der Waals surface area contributed by atoms with E-state index < -0.39 is 11.7 Å². The molecule has 0 aliphatic heterocycles. The number of nitrogens with zero attached hydrogens (tertiary/aromatic N) is 1. The first-order valence-electron chi connectivity index (χ1n) is 5.05. The summed E-state index contributed by atoms with van der Waals surface area (Å²) in [7, 11) is 0. The van der Waals surface area contributed by atoms with E-state index >= 15 is 0 Å². The summed E-state index contributed by atoms with van der Waals surface area (Å²) in [4.78, 5) is 15.6. The smallest absolute Gasteiger partial charge is 0.255 e. The second kappa shape index (κ2) is 5.01. The van der Waals surface area contributed by atoms with E-state index in [-0.39, 0.29) is 16.5 Å². The second-order valence-corrected chi connectivity index (χ2v) is 3.93. The number of nitrogens with two attached hydrogens (primary N) is 1. The van der Waals surface area contributed by atoms with E-state index in [1.54, 1.807) is 6.07 Å². The minimum absolute atomic E-state index is 0.0166. The molecular weight excluding hydrogens is 257 g/mol. The maximum absolute atomic E-state index is 13.6. The third kappa shape index (κ3) is 2.57. The summed E-state index contributed by atoms with van der Waals surface area (Å²) in [5.74, 6) is -0.936. The third-order valence-corrected chi connectivity index (χ3v) is 2.53. The highest BCUT2D eigenvalue weighted by molar-refractivity contribution is 6.31. The Kier molecular flexibility index (Phi) is 3.43. The zero-order valence-electron chi connectivity index (χ0n) is 9.15. The first-order chi connectivity index (χ1) is 8.58. The van der Waals surface area contributed by atoms with Crippen molar-refractivity contribution in [2.75, 3.05) is 11.1 Å². The van der Waals surface area contributed by atoms with E-state index in [1.807, 2.05) is 0 Å². The molecular formula is C12H9ClFN3O. The molecule has 0 unspecified atom stereocenters. The van der Waals surface area contributed by atoms with Crippen molar-refractivity contribution in [1.82, 2.24) is 4.98 Å². The van der Waals surface area contributed by atoms with E-state index in [9.17, 15) is 9.18 Å². The van der Waals surface area contributed by atoms with Gasteiger partial charge in [-0.05, 0) is 24.3 Å². The number of hydrogen-bond acceptors (Lipinski definition) is 3. The van der Waals surface area contributed by atoms with Crippen LogP contribution < -0.4 is 11.1 Å². The number of nitrogen functional groups attached to an aromatic ring is 1. The van der Waals surface area contributed by atoms with Crippen molar-refractivity contribution in [2.24, 2.45) is 0 Å². The predicted molar refractivity (Wildman–Crippen MR) is 68.0 cm³/mol. The number of amides is 1. The second-order valence-electron chi connectivity index (χ2n) is 3.52. The van der Waals surface area contributed by atoms with Crippen LogP contribution in [0.4, 0.5) is 15.9 Å². The molecule has 0 spiro atoms. The number of rotatable bonds is 2. The van der Waals surface area contributed by atoms with Crippen molar-refractivity contribution >= 4 is 29.0 Å². The fourth-order valence-corrected chi connectivity index (χ4v) is 1.56. The Morgan fingerprint density at radius 3 is 2.89 bits per heavy atom. The molecule has 0 saturated heterocycles. The molecule has 1 aromatic carbocycles. The van der Waals surface area contributed by atoms with Gasteiger partial charge in [0.25, 0.3) is 5.91 Å². The highest BCUT2D eigenvalue weighted by Crippen LogP contribution is 2.22. The molecule has 0 bridgehead atoms. The van der Waals surface area contributed by atoms with E-state index in [2.05, 4.69) is 10.3 Å². The number of nitrogens with one attached hydrogen (secondary N) is 1. The maximum atomic E-state index is 13.6. The fraction of sp³-hybridized carbons (Fsp3) is 0. The summed E-state index contributed by atoms with van der Waals surface area (Å²) in [6.07, 6.45) is 1.40. The van der Waals surface area contributed by atoms with E-state index in [0.29, 0.717) is 5.56 Å². The Hall–Kier alpha value is -2.14. The lowest BCUT2D eigenvalue weighted by Crippen LogP contribution is -2.13. The van der Waals surface area contributed by atoms with Gasteiger partial charge in [0, 0.05) is 11.8 Å². The highest BCUT2D eigenvalue weighted by atomic mass is 35.5. The molecule has 0 aliphatic rings. The molecule has 0 aliphatic carbocycles. The van der Waals surface area contributed by atoms with Gasteiger partial charge in [-0.15, -0.1) is 0 Å². The molecule has 0 fully saturated rings. The minimum Gasteiger partial charge on any atom is -0.384 e. The van der Waals surface area contributed by atoms with Gasteiger partial charge < -0.3 is 11.1 Å². The van der Waals surface area contributed by atoms with E-state index in [0.717, 1.165) is 0 Å². The van der Waals surface area contributed by atoms with Gasteiger partial charge in [-0.25, -0.2) is 9.37 Å². The maximum Gasteiger partial charge on any atom is 0.255 e. The topological polar surface area (TPSA) is 68.0 Å². The van der Waals surface area contributed by atoms with Crippen LogP contribution in [-0.2, 0) is 0 Å². The van der Waals surface area contributed by atoms with Gasteiger partial charge in [-0.2, -0.15) is 0 Å². The van der Waals surface area contributed by atoms with Gasteiger partial charge >= 0.3 is 0 Å². The standard InChI is InChI=1S/C12H9ClFN3O/c13-8-2-1-3-9(11(8)14)17-12(18)7-4-5-16-10(15)6-7/h1-6H,(H2,15,16)(H,17,18). The largest absolute Gasteiger partial charge is 0.384 e. The Labute approximate surface area is 108 Å². The lowest BCUT2D eigenvalue weighted by atomic mass is 10.2. The lowest BCUT2D eigenvalue weighted by Gasteiger charge is -2.07. The number of benzene rings is 1. The Balaban J connectivity index is 2.24. The molecule has 18 heavy (non-hydrogen) atoms. The van der Waals surface area contributed by atoms with Crippen LogP contribution in [0.3, 0.4) is 0 Å². The molecule has 1 amide bonds. The third-order valence-electron chi connectivity index (χ3n) is 2.24. The Morgan fingerprint density at radius 2 is 2.17 bits per heavy atom. The molecule has 1 heterocycles. The normalized spacial score (nSPS) is 10.1. The van der Waals surface area contributed by atoms with Crippen molar-refractivity contribution in [3.05, 3.63) is 52.9 Å². The average molecular weight is 266 g/mol. The van der Waals surface area contributed by atoms with Crippen molar-refractivity contribution in [3.63, 3.8) is 0 Å². The van der Waals surface area contributed by atoms with Crippen LogP contribution in [0.15, 0.2) is 36.5 Å². The molecule has 1 aromatic heterocycles. The van der Waals surface area contributed by atoms with Gasteiger partial charge in [0.05, 0.1) is 10.7 Å². The summed E-state index contributed by atoms with van der Waals surface area (Å²) < 4.78 is 13.6. The number of aromatic nitrogens is 1. The lowest BCUT2D eigenvalue weighted by molar-refractivity contribution is 0.102. The molecule has 0 radical (unpaired) electrons. The van der Waals surface area contributed by atoms with Gasteiger partial charge in [0.1, 0.15) is 5.82 Å². The zero-order valence-corrected chi connectivity index (χ0v) is 9.91. The minimum atomic E-state index is -0.672. The van der Waals surface area contributed by atoms with Crippen LogP contribution in [0.1, 0.15) is 10.4 Å². The van der Waals surface area contributed by atoms with Crippen molar-refractivity contribution in [1.29, 1.82) is 0 Å². The van der Waals surface area contributed by atoms with Crippen LogP contribution >= 0.6 is 11.6 Å². The van der Waals surface area contributed by atoms with Gasteiger partial charge in [0.15, 0.2) is 5.82 Å². The number of halogens is 2. The van der Waals surface area contributed by atoms with Crippen LogP contribution in [-0.4, -0.2) is 10.9 Å². The van der Waals surface area contributed by atoms with Crippen molar-refractivity contribution in [2.45, 2.75) is 0 Å². The van der Waals surface area contributed by atoms with Gasteiger partial charge in [-0.3, -0.25) is 4.79 Å². The molecule has 4 nitrogen and oxygen atoms in total. The molecule has 0 saturated carbocycles. The van der Waals surface area contributed by atoms with Crippen LogP contribution in [0.25, 0.3) is 0 Å². The SMILES string of the molecule is Nc1cc(C(=O)Nc2cccc(Cl)c2F)ccn1. The van der Waals surface area contributed by atoms with Gasteiger partial charge in [0.2, 0.25) is 0 Å². The van der Waals surface area contributed by atoms with Crippen LogP contribution in [0.2, 0.25) is 5.02 Å². The monoisotopic (exact) mass is 265 g/mol. The number of carbonyl (C=O) groups excluding carboxylic acids is 1. The number of pyridine rings is 1. The van der Waals surface area contributed by atoms with E-state index in [1.165, 1.54) is 30.5 Å². The molecule has 2 aromatic rings.